The average Bonchev–Trinajstić information content (AvgIpc) is 2.75. The standard InChI is InChI=1S/C20H27N3O6.CH2O2/c1-3-5-11-28-13-15(29-18(21)26)12-23-17(25)20(4-2,16(24)22-19(23)27)14-9-7-6-8-10-14;2-1-3/h6-10,15H,3-5,11-13H2,1-2H3,(H2,21,26)(H,22,24,27);1H,(H,2,3). The Balaban J connectivity index is 0.00000161. The molecule has 176 valence electrons. The van der Waals surface area contributed by atoms with Gasteiger partial charge in [-0.05, 0) is 18.4 Å². The van der Waals surface area contributed by atoms with E-state index >= 15 is 0 Å². The van der Waals surface area contributed by atoms with Crippen LogP contribution in [0.25, 0.3) is 0 Å². The van der Waals surface area contributed by atoms with Crippen molar-refractivity contribution >= 4 is 30.4 Å². The number of hydrogen-bond donors (Lipinski definition) is 3. The summed E-state index contributed by atoms with van der Waals surface area (Å²) in [5.41, 5.74) is 4.05. The van der Waals surface area contributed by atoms with Crippen molar-refractivity contribution in [2.24, 2.45) is 5.73 Å². The van der Waals surface area contributed by atoms with Crippen LogP contribution in [0, 0.1) is 0 Å². The molecule has 1 aliphatic rings. The predicted molar refractivity (Wildman–Crippen MR) is 113 cm³/mol. The van der Waals surface area contributed by atoms with Gasteiger partial charge < -0.3 is 20.3 Å². The molecule has 1 aliphatic heterocycles. The van der Waals surface area contributed by atoms with Gasteiger partial charge in [-0.2, -0.15) is 0 Å². The molecule has 0 radical (unpaired) electrons. The van der Waals surface area contributed by atoms with E-state index in [-0.39, 0.29) is 26.0 Å². The summed E-state index contributed by atoms with van der Waals surface area (Å²) in [6.07, 6.45) is -0.0994. The number of nitrogens with zero attached hydrogens (tertiary/aromatic N) is 1. The van der Waals surface area contributed by atoms with Crippen molar-refractivity contribution in [3.63, 3.8) is 0 Å². The molecule has 1 aromatic carbocycles. The summed E-state index contributed by atoms with van der Waals surface area (Å²) in [4.78, 5) is 58.9. The first-order valence-corrected chi connectivity index (χ1v) is 10.1. The third-order valence-corrected chi connectivity index (χ3v) is 4.88. The molecule has 0 aliphatic carbocycles. The Hall–Kier alpha value is -3.47. The topological polar surface area (TPSA) is 165 Å². The molecule has 5 amide bonds. The summed E-state index contributed by atoms with van der Waals surface area (Å²) in [7, 11) is 0. The number of nitrogens with one attached hydrogen (secondary N) is 1. The van der Waals surface area contributed by atoms with E-state index in [4.69, 9.17) is 25.1 Å². The highest BCUT2D eigenvalue weighted by atomic mass is 16.6. The van der Waals surface area contributed by atoms with Gasteiger partial charge in [0, 0.05) is 6.61 Å². The van der Waals surface area contributed by atoms with Crippen LogP contribution in [0.5, 0.6) is 0 Å². The fourth-order valence-corrected chi connectivity index (χ4v) is 3.30. The van der Waals surface area contributed by atoms with Crippen LogP contribution in [-0.2, 0) is 29.3 Å². The number of benzene rings is 1. The molecule has 11 heteroatoms. The molecule has 0 spiro atoms. The molecule has 1 saturated heterocycles. The van der Waals surface area contributed by atoms with Crippen molar-refractivity contribution in [1.82, 2.24) is 10.2 Å². The first-order valence-electron chi connectivity index (χ1n) is 10.1. The first-order chi connectivity index (χ1) is 15.3. The summed E-state index contributed by atoms with van der Waals surface area (Å²) in [5, 5.41) is 9.14. The average molecular weight is 451 g/mol. The van der Waals surface area contributed by atoms with Crippen LogP contribution in [0.15, 0.2) is 30.3 Å². The number of barbiturate groups is 1. The van der Waals surface area contributed by atoms with Gasteiger partial charge in [-0.3, -0.25) is 24.6 Å². The van der Waals surface area contributed by atoms with Gasteiger partial charge in [0.15, 0.2) is 5.41 Å². The van der Waals surface area contributed by atoms with Gasteiger partial charge in [0.25, 0.3) is 12.4 Å². The van der Waals surface area contributed by atoms with Gasteiger partial charge >= 0.3 is 12.1 Å². The third-order valence-electron chi connectivity index (χ3n) is 4.88. The summed E-state index contributed by atoms with van der Waals surface area (Å²) >= 11 is 0. The van der Waals surface area contributed by atoms with Crippen LogP contribution >= 0.6 is 0 Å². The Morgan fingerprint density at radius 1 is 1.25 bits per heavy atom. The van der Waals surface area contributed by atoms with E-state index in [1.807, 2.05) is 6.92 Å². The van der Waals surface area contributed by atoms with Gasteiger partial charge in [0.05, 0.1) is 13.2 Å². The van der Waals surface area contributed by atoms with Gasteiger partial charge in [-0.15, -0.1) is 0 Å². The maximum atomic E-state index is 13.3. The van der Waals surface area contributed by atoms with Gasteiger partial charge in [-0.1, -0.05) is 50.6 Å². The molecular formula is C21H29N3O8. The third kappa shape index (κ3) is 6.51. The molecule has 0 saturated carbocycles. The molecule has 2 atom stereocenters. The summed E-state index contributed by atoms with van der Waals surface area (Å²) in [6.45, 7) is 3.59. The SMILES string of the molecule is CCCCOCC(CN1C(=O)NC(=O)C(CC)(c2ccccc2)C1=O)OC(N)=O.O=CO. The van der Waals surface area contributed by atoms with Crippen LogP contribution in [-0.4, -0.2) is 66.3 Å². The van der Waals surface area contributed by atoms with E-state index in [1.54, 1.807) is 37.3 Å². The predicted octanol–water partition coefficient (Wildman–Crippen LogP) is 1.39. The molecule has 2 rings (SSSR count). The smallest absolute Gasteiger partial charge is 0.404 e. The van der Waals surface area contributed by atoms with Crippen LogP contribution in [0.2, 0.25) is 0 Å². The number of nitrogens with two attached hydrogens (primary N) is 1. The Morgan fingerprint density at radius 2 is 1.88 bits per heavy atom. The lowest BCUT2D eigenvalue weighted by Crippen LogP contribution is -2.67. The van der Waals surface area contributed by atoms with Gasteiger partial charge in [0.2, 0.25) is 5.91 Å². The second-order valence-corrected chi connectivity index (χ2v) is 6.89. The minimum Gasteiger partial charge on any atom is -0.483 e. The van der Waals surface area contributed by atoms with Crippen molar-refractivity contribution in [3.05, 3.63) is 35.9 Å². The lowest BCUT2D eigenvalue weighted by atomic mass is 9.74. The molecule has 11 nitrogen and oxygen atoms in total. The minimum atomic E-state index is -1.55. The number of hydrogen-bond acceptors (Lipinski definition) is 7. The zero-order valence-corrected chi connectivity index (χ0v) is 18.1. The molecule has 1 heterocycles. The van der Waals surface area contributed by atoms with Gasteiger partial charge in [0.1, 0.15) is 6.10 Å². The molecule has 0 bridgehead atoms. The molecule has 1 aromatic rings. The zero-order chi connectivity index (χ0) is 24.1. The summed E-state index contributed by atoms with van der Waals surface area (Å²) in [5.74, 6) is -1.35. The zero-order valence-electron chi connectivity index (χ0n) is 18.1. The molecule has 1 fully saturated rings. The highest BCUT2D eigenvalue weighted by Gasteiger charge is 2.54. The maximum absolute atomic E-state index is 13.3. The maximum Gasteiger partial charge on any atom is 0.404 e. The van der Waals surface area contributed by atoms with Crippen LogP contribution in [0.1, 0.15) is 38.7 Å². The van der Waals surface area contributed by atoms with Crippen LogP contribution in [0.3, 0.4) is 0 Å². The normalized spacial score (nSPS) is 18.8. The number of urea groups is 1. The lowest BCUT2D eigenvalue weighted by Gasteiger charge is -2.39. The monoisotopic (exact) mass is 451 g/mol. The molecule has 4 N–H and O–H groups in total. The highest BCUT2D eigenvalue weighted by molar-refractivity contribution is 6.22. The van der Waals surface area contributed by atoms with Gasteiger partial charge in [-0.25, -0.2) is 9.59 Å². The number of imide groups is 2. The Morgan fingerprint density at radius 3 is 2.41 bits per heavy atom. The minimum absolute atomic E-state index is 0.0294. The molecule has 0 aromatic heterocycles. The van der Waals surface area contributed by atoms with Crippen molar-refractivity contribution in [3.8, 4) is 0 Å². The number of rotatable bonds is 10. The largest absolute Gasteiger partial charge is 0.483 e. The van der Waals surface area contributed by atoms with E-state index < -0.39 is 35.5 Å². The number of amides is 5. The van der Waals surface area contributed by atoms with Crippen molar-refractivity contribution < 1.29 is 38.6 Å². The second kappa shape index (κ2) is 13.1. The first kappa shape index (κ1) is 26.6. The fourth-order valence-electron chi connectivity index (χ4n) is 3.30. The van der Waals surface area contributed by atoms with E-state index in [0.717, 1.165) is 17.7 Å². The van der Waals surface area contributed by atoms with E-state index in [0.29, 0.717) is 12.2 Å². The van der Waals surface area contributed by atoms with Crippen molar-refractivity contribution in [1.29, 1.82) is 0 Å². The van der Waals surface area contributed by atoms with E-state index in [9.17, 15) is 19.2 Å². The fraction of sp³-hybridized carbons (Fsp3) is 0.476. The van der Waals surface area contributed by atoms with E-state index in [2.05, 4.69) is 5.32 Å². The van der Waals surface area contributed by atoms with Crippen LogP contribution in [0.4, 0.5) is 9.59 Å². The lowest BCUT2D eigenvalue weighted by molar-refractivity contribution is -0.147. The second-order valence-electron chi connectivity index (χ2n) is 6.89. The summed E-state index contributed by atoms with van der Waals surface area (Å²) in [6, 6.07) is 7.67. The molecule has 32 heavy (non-hydrogen) atoms. The quantitative estimate of drug-likeness (QED) is 0.273. The summed E-state index contributed by atoms with van der Waals surface area (Å²) < 4.78 is 10.5. The number of primary amides is 1. The van der Waals surface area contributed by atoms with Crippen LogP contribution < -0.4 is 11.1 Å². The molecule has 2 unspecified atom stereocenters. The Labute approximate surface area is 185 Å². The number of carbonyl (C=O) groups is 5. The number of ether oxygens (including phenoxy) is 2. The number of carbonyl (C=O) groups excluding carboxylic acids is 4. The van der Waals surface area contributed by atoms with E-state index in [1.165, 1.54) is 0 Å². The van der Waals surface area contributed by atoms with Crippen molar-refractivity contribution in [2.45, 2.75) is 44.6 Å². The Bertz CT molecular complexity index is 801. The molecular weight excluding hydrogens is 422 g/mol. The van der Waals surface area contributed by atoms with Crippen molar-refractivity contribution in [2.75, 3.05) is 19.8 Å². The number of unbranched alkanes of at least 4 members (excludes halogenated alkanes) is 1. The number of carboxylic acid groups (broad SMARTS) is 1. The Kier molecular flexibility index (Phi) is 10.8. The highest BCUT2D eigenvalue weighted by Crippen LogP contribution is 2.33.